The van der Waals surface area contributed by atoms with E-state index in [1.54, 1.807) is 0 Å². The zero-order chi connectivity index (χ0) is 21.0. The zero-order valence-corrected chi connectivity index (χ0v) is 17.4. The van der Waals surface area contributed by atoms with Gasteiger partial charge < -0.3 is 9.88 Å². The third kappa shape index (κ3) is 3.86. The van der Waals surface area contributed by atoms with Gasteiger partial charge in [-0.1, -0.05) is 78.9 Å². The maximum atomic E-state index is 4.99. The van der Waals surface area contributed by atoms with Gasteiger partial charge in [0.25, 0.3) is 0 Å². The highest BCUT2D eigenvalue weighted by molar-refractivity contribution is 5.81. The highest BCUT2D eigenvalue weighted by atomic mass is 15.1. The minimum Gasteiger partial charge on any atom is -0.345 e. The fourth-order valence-corrected chi connectivity index (χ4v) is 3.77. The van der Waals surface area contributed by atoms with Crippen LogP contribution in [-0.4, -0.2) is 17.0 Å². The predicted octanol–water partition coefficient (Wildman–Crippen LogP) is 7.18. The fraction of sp³-hybridized carbons (Fsp3) is 0.0357. The lowest BCUT2D eigenvalue weighted by Gasteiger charge is -2.19. The van der Waals surface area contributed by atoms with Crippen molar-refractivity contribution in [2.24, 2.45) is 0 Å². The van der Waals surface area contributed by atoms with Crippen LogP contribution in [0.5, 0.6) is 0 Å². The van der Waals surface area contributed by atoms with Crippen LogP contribution in [0.3, 0.4) is 0 Å². The second-order valence-electron chi connectivity index (χ2n) is 7.48. The van der Waals surface area contributed by atoms with Gasteiger partial charge in [-0.25, -0.2) is 4.98 Å². The normalized spacial score (nSPS) is 10.7. The monoisotopic (exact) mass is 401 g/mol. The third-order valence-corrected chi connectivity index (χ3v) is 5.49. The van der Waals surface area contributed by atoms with Gasteiger partial charge in [-0.3, -0.25) is 0 Å². The molecule has 1 aromatic heterocycles. The van der Waals surface area contributed by atoms with Crippen molar-refractivity contribution in [1.29, 1.82) is 0 Å². The lowest BCUT2D eigenvalue weighted by Crippen LogP contribution is -2.08. The van der Waals surface area contributed by atoms with Crippen LogP contribution in [0.15, 0.2) is 115 Å². The van der Waals surface area contributed by atoms with Crippen LogP contribution >= 0.6 is 0 Å². The standard InChI is InChI=1S/C28H23N3/c1-31(24-15-9-4-10-16-24)25-19-17-23(18-20-25)28-29-26(21-11-5-2-6-12-21)27(30-28)22-13-7-3-8-14-22/h2-20H,1H3,(H,29,30). The van der Waals surface area contributed by atoms with Gasteiger partial charge in [0.05, 0.1) is 11.4 Å². The molecule has 0 bridgehead atoms. The second-order valence-corrected chi connectivity index (χ2v) is 7.48. The Morgan fingerprint density at radius 1 is 0.548 bits per heavy atom. The van der Waals surface area contributed by atoms with E-state index in [9.17, 15) is 0 Å². The molecule has 3 nitrogen and oxygen atoms in total. The number of nitrogens with zero attached hydrogens (tertiary/aromatic N) is 2. The molecule has 31 heavy (non-hydrogen) atoms. The molecule has 0 radical (unpaired) electrons. The molecule has 150 valence electrons. The summed E-state index contributed by atoms with van der Waals surface area (Å²) in [7, 11) is 2.08. The van der Waals surface area contributed by atoms with Crippen LogP contribution in [0.25, 0.3) is 33.9 Å². The van der Waals surface area contributed by atoms with Gasteiger partial charge in [0.15, 0.2) is 0 Å². The number of aromatic nitrogens is 2. The number of benzene rings is 4. The Bertz CT molecular complexity index is 1200. The van der Waals surface area contributed by atoms with E-state index >= 15 is 0 Å². The largest absolute Gasteiger partial charge is 0.345 e. The first kappa shape index (κ1) is 18.9. The van der Waals surface area contributed by atoms with Crippen molar-refractivity contribution in [3.05, 3.63) is 115 Å². The summed E-state index contributed by atoms with van der Waals surface area (Å²) < 4.78 is 0. The first-order chi connectivity index (χ1) is 15.3. The molecule has 0 atom stereocenters. The molecule has 0 saturated heterocycles. The lowest BCUT2D eigenvalue weighted by molar-refractivity contribution is 1.21. The number of H-pyrrole nitrogens is 1. The van der Waals surface area contributed by atoms with E-state index < -0.39 is 0 Å². The van der Waals surface area contributed by atoms with E-state index in [1.165, 1.54) is 0 Å². The molecule has 0 amide bonds. The van der Waals surface area contributed by atoms with Gasteiger partial charge in [-0.15, -0.1) is 0 Å². The number of rotatable bonds is 5. The molecule has 0 spiro atoms. The van der Waals surface area contributed by atoms with Crippen LogP contribution in [0.4, 0.5) is 11.4 Å². The van der Waals surface area contributed by atoms with Gasteiger partial charge in [0, 0.05) is 35.1 Å². The molecule has 0 unspecified atom stereocenters. The Morgan fingerprint density at radius 2 is 1.06 bits per heavy atom. The van der Waals surface area contributed by atoms with Gasteiger partial charge in [0.2, 0.25) is 0 Å². The second kappa shape index (κ2) is 8.33. The third-order valence-electron chi connectivity index (χ3n) is 5.49. The molecular formula is C28H23N3. The van der Waals surface area contributed by atoms with Crippen LogP contribution < -0.4 is 4.90 Å². The Kier molecular flexibility index (Phi) is 5.07. The summed E-state index contributed by atoms with van der Waals surface area (Å²) in [4.78, 5) is 10.7. The predicted molar refractivity (Wildman–Crippen MR) is 129 cm³/mol. The van der Waals surface area contributed by atoms with Crippen molar-refractivity contribution in [2.75, 3.05) is 11.9 Å². The van der Waals surface area contributed by atoms with Crippen LogP contribution in [-0.2, 0) is 0 Å². The molecule has 0 fully saturated rings. The highest BCUT2D eigenvalue weighted by Crippen LogP contribution is 2.33. The van der Waals surface area contributed by atoms with Crippen molar-refractivity contribution in [2.45, 2.75) is 0 Å². The van der Waals surface area contributed by atoms with Gasteiger partial charge in [-0.2, -0.15) is 0 Å². The summed E-state index contributed by atoms with van der Waals surface area (Å²) in [5.74, 6) is 0.867. The molecule has 3 heteroatoms. The minimum absolute atomic E-state index is 0.867. The number of imidazole rings is 1. The average molecular weight is 402 g/mol. The Balaban J connectivity index is 1.53. The van der Waals surface area contributed by atoms with Crippen molar-refractivity contribution in [3.63, 3.8) is 0 Å². The molecule has 5 aromatic rings. The summed E-state index contributed by atoms with van der Waals surface area (Å²) in [6.45, 7) is 0. The van der Waals surface area contributed by atoms with E-state index in [0.29, 0.717) is 0 Å². The van der Waals surface area contributed by atoms with E-state index in [1.807, 2.05) is 30.3 Å². The molecule has 5 rings (SSSR count). The summed E-state index contributed by atoms with van der Waals surface area (Å²) >= 11 is 0. The molecule has 0 aliphatic carbocycles. The maximum absolute atomic E-state index is 4.99. The average Bonchev–Trinajstić information content (AvgIpc) is 3.31. The molecule has 0 aliphatic heterocycles. The quantitative estimate of drug-likeness (QED) is 0.338. The Hall–Kier alpha value is -4.11. The lowest BCUT2D eigenvalue weighted by atomic mass is 10.1. The summed E-state index contributed by atoms with van der Waals surface area (Å²) in [6.07, 6.45) is 0. The topological polar surface area (TPSA) is 31.9 Å². The fourth-order valence-electron chi connectivity index (χ4n) is 3.77. The van der Waals surface area contributed by atoms with Gasteiger partial charge >= 0.3 is 0 Å². The highest BCUT2D eigenvalue weighted by Gasteiger charge is 2.15. The van der Waals surface area contributed by atoms with E-state index in [2.05, 4.69) is 102 Å². The molecule has 0 saturated carbocycles. The smallest absolute Gasteiger partial charge is 0.138 e. The molecule has 1 heterocycles. The van der Waals surface area contributed by atoms with Crippen molar-refractivity contribution < 1.29 is 0 Å². The van der Waals surface area contributed by atoms with Gasteiger partial charge in [-0.05, 0) is 36.4 Å². The molecular weight excluding hydrogens is 378 g/mol. The summed E-state index contributed by atoms with van der Waals surface area (Å²) in [5.41, 5.74) is 7.58. The number of anilines is 2. The van der Waals surface area contributed by atoms with E-state index in [-0.39, 0.29) is 0 Å². The van der Waals surface area contributed by atoms with E-state index in [0.717, 1.165) is 45.3 Å². The number of hydrogen-bond acceptors (Lipinski definition) is 2. The Morgan fingerprint density at radius 3 is 1.68 bits per heavy atom. The number of para-hydroxylation sites is 1. The van der Waals surface area contributed by atoms with Crippen LogP contribution in [0, 0.1) is 0 Å². The first-order valence-electron chi connectivity index (χ1n) is 10.4. The van der Waals surface area contributed by atoms with Crippen LogP contribution in [0.1, 0.15) is 0 Å². The number of nitrogens with one attached hydrogen (secondary N) is 1. The summed E-state index contributed by atoms with van der Waals surface area (Å²) in [6, 6.07) is 39.6. The number of hydrogen-bond donors (Lipinski definition) is 1. The minimum atomic E-state index is 0.867. The van der Waals surface area contributed by atoms with Crippen LogP contribution in [0.2, 0.25) is 0 Å². The van der Waals surface area contributed by atoms with Crippen molar-refractivity contribution in [3.8, 4) is 33.9 Å². The zero-order valence-electron chi connectivity index (χ0n) is 17.4. The Labute approximate surface area is 182 Å². The molecule has 4 aromatic carbocycles. The van der Waals surface area contributed by atoms with Crippen molar-refractivity contribution in [1.82, 2.24) is 9.97 Å². The van der Waals surface area contributed by atoms with E-state index in [4.69, 9.17) is 4.98 Å². The number of aromatic amines is 1. The van der Waals surface area contributed by atoms with Crippen molar-refractivity contribution >= 4 is 11.4 Å². The molecule has 0 aliphatic rings. The SMILES string of the molecule is CN(c1ccccc1)c1ccc(-c2nc(-c3ccccc3)c(-c3ccccc3)[nH]2)cc1. The maximum Gasteiger partial charge on any atom is 0.138 e. The molecule has 1 N–H and O–H groups in total. The van der Waals surface area contributed by atoms with Gasteiger partial charge in [0.1, 0.15) is 5.82 Å². The first-order valence-corrected chi connectivity index (χ1v) is 10.4. The summed E-state index contributed by atoms with van der Waals surface area (Å²) in [5, 5.41) is 0.